The first kappa shape index (κ1) is 8.20. The average Bonchev–Trinajstić information content (AvgIpc) is 2.63. The molecule has 68 valence electrons. The number of aldehydes is 1. The van der Waals surface area contributed by atoms with Crippen molar-refractivity contribution >= 4 is 6.29 Å². The van der Waals surface area contributed by atoms with Gasteiger partial charge in [0.2, 0.25) is 0 Å². The Kier molecular flexibility index (Phi) is 1.73. The van der Waals surface area contributed by atoms with Gasteiger partial charge in [-0.1, -0.05) is 0 Å². The van der Waals surface area contributed by atoms with Crippen molar-refractivity contribution in [1.82, 2.24) is 0 Å². The molecule has 0 bridgehead atoms. The average molecular weight is 170 g/mol. The van der Waals surface area contributed by atoms with Crippen molar-refractivity contribution in [2.24, 2.45) is 0 Å². The van der Waals surface area contributed by atoms with Crippen LogP contribution in [-0.2, 0) is 14.3 Å². The van der Waals surface area contributed by atoms with Crippen molar-refractivity contribution in [3.05, 3.63) is 0 Å². The molecule has 3 nitrogen and oxygen atoms in total. The Labute approximate surface area is 72.0 Å². The van der Waals surface area contributed by atoms with Gasteiger partial charge in [0.1, 0.15) is 5.60 Å². The van der Waals surface area contributed by atoms with Gasteiger partial charge < -0.3 is 14.3 Å². The Bertz CT molecular complexity index is 196. The molecule has 0 N–H and O–H groups in total. The van der Waals surface area contributed by atoms with Crippen molar-refractivity contribution in [3.8, 4) is 0 Å². The minimum Gasteiger partial charge on any atom is -0.350 e. The lowest BCUT2D eigenvalue weighted by Crippen LogP contribution is -2.33. The molecule has 2 unspecified atom stereocenters. The van der Waals surface area contributed by atoms with Crippen LogP contribution in [0, 0.1) is 0 Å². The second-order valence-electron chi connectivity index (χ2n) is 3.90. The van der Waals surface area contributed by atoms with E-state index in [9.17, 15) is 4.79 Å². The standard InChI is InChI=1S/C9H14O3/c1-8(7-10)4-5-9(12-8)3-2-6-11-9/h7H,2-6H2,1H3. The summed E-state index contributed by atoms with van der Waals surface area (Å²) in [5, 5.41) is 0. The third-order valence-electron chi connectivity index (χ3n) is 2.74. The summed E-state index contributed by atoms with van der Waals surface area (Å²) in [6.07, 6.45) is 4.54. The number of rotatable bonds is 1. The van der Waals surface area contributed by atoms with Crippen LogP contribution in [0.2, 0.25) is 0 Å². The van der Waals surface area contributed by atoms with Gasteiger partial charge in [-0.25, -0.2) is 0 Å². The highest BCUT2D eigenvalue weighted by atomic mass is 16.7. The van der Waals surface area contributed by atoms with Crippen LogP contribution in [0.4, 0.5) is 0 Å². The molecule has 2 saturated heterocycles. The molecule has 0 saturated carbocycles. The highest BCUT2D eigenvalue weighted by molar-refractivity contribution is 5.62. The number of carbonyl (C=O) groups is 1. The first-order valence-corrected chi connectivity index (χ1v) is 4.49. The van der Waals surface area contributed by atoms with Crippen LogP contribution >= 0.6 is 0 Å². The number of carbonyl (C=O) groups excluding carboxylic acids is 1. The molecule has 2 heterocycles. The summed E-state index contributed by atoms with van der Waals surface area (Å²) < 4.78 is 11.2. The fourth-order valence-electron chi connectivity index (χ4n) is 2.00. The van der Waals surface area contributed by atoms with Crippen molar-refractivity contribution in [1.29, 1.82) is 0 Å². The quantitative estimate of drug-likeness (QED) is 0.556. The Morgan fingerprint density at radius 1 is 1.33 bits per heavy atom. The molecule has 0 amide bonds. The Morgan fingerprint density at radius 2 is 2.17 bits per heavy atom. The van der Waals surface area contributed by atoms with Gasteiger partial charge in [-0.05, 0) is 19.8 Å². The summed E-state index contributed by atoms with van der Waals surface area (Å²) in [6, 6.07) is 0. The van der Waals surface area contributed by atoms with Gasteiger partial charge >= 0.3 is 0 Å². The zero-order chi connectivity index (χ0) is 8.66. The molecule has 0 aromatic rings. The zero-order valence-electron chi connectivity index (χ0n) is 7.34. The van der Waals surface area contributed by atoms with Crippen molar-refractivity contribution in [2.75, 3.05) is 6.61 Å². The maximum atomic E-state index is 10.7. The van der Waals surface area contributed by atoms with Crippen molar-refractivity contribution < 1.29 is 14.3 Å². The van der Waals surface area contributed by atoms with E-state index in [1.807, 2.05) is 6.92 Å². The lowest BCUT2D eigenvalue weighted by molar-refractivity contribution is -0.217. The lowest BCUT2D eigenvalue weighted by atomic mass is 10.0. The molecule has 3 heteroatoms. The van der Waals surface area contributed by atoms with Crippen molar-refractivity contribution in [3.63, 3.8) is 0 Å². The van der Waals surface area contributed by atoms with E-state index in [0.717, 1.165) is 38.6 Å². The SMILES string of the molecule is CC1(C=O)CCC2(CCCO2)O1. The molecule has 0 aliphatic carbocycles. The number of ether oxygens (including phenoxy) is 2. The summed E-state index contributed by atoms with van der Waals surface area (Å²) >= 11 is 0. The molecular formula is C9H14O3. The maximum Gasteiger partial charge on any atom is 0.169 e. The van der Waals surface area contributed by atoms with Crippen LogP contribution in [0.1, 0.15) is 32.6 Å². The van der Waals surface area contributed by atoms with E-state index >= 15 is 0 Å². The molecule has 2 atom stereocenters. The Morgan fingerprint density at radius 3 is 2.67 bits per heavy atom. The van der Waals surface area contributed by atoms with Crippen molar-refractivity contribution in [2.45, 2.75) is 44.0 Å². The normalized spacial score (nSPS) is 47.1. The predicted molar refractivity (Wildman–Crippen MR) is 42.7 cm³/mol. The van der Waals surface area contributed by atoms with E-state index in [4.69, 9.17) is 9.47 Å². The van der Waals surface area contributed by atoms with E-state index in [-0.39, 0.29) is 0 Å². The predicted octanol–water partition coefficient (Wildman–Crippen LogP) is 1.26. The van der Waals surface area contributed by atoms with Gasteiger partial charge in [0.25, 0.3) is 0 Å². The topological polar surface area (TPSA) is 35.5 Å². The lowest BCUT2D eigenvalue weighted by Gasteiger charge is -2.25. The monoisotopic (exact) mass is 170 g/mol. The molecule has 1 spiro atoms. The van der Waals surface area contributed by atoms with Gasteiger partial charge in [-0.3, -0.25) is 0 Å². The van der Waals surface area contributed by atoms with E-state index in [1.54, 1.807) is 0 Å². The van der Waals surface area contributed by atoms with Gasteiger partial charge in [0.15, 0.2) is 12.1 Å². The number of hydrogen-bond acceptors (Lipinski definition) is 3. The fourth-order valence-corrected chi connectivity index (χ4v) is 2.00. The van der Waals surface area contributed by atoms with E-state index in [2.05, 4.69) is 0 Å². The van der Waals surface area contributed by atoms with Crippen LogP contribution in [0.15, 0.2) is 0 Å². The second kappa shape index (κ2) is 2.54. The zero-order valence-corrected chi connectivity index (χ0v) is 7.34. The largest absolute Gasteiger partial charge is 0.350 e. The molecule has 2 aliphatic heterocycles. The molecule has 0 aromatic heterocycles. The maximum absolute atomic E-state index is 10.7. The third-order valence-corrected chi connectivity index (χ3v) is 2.74. The first-order chi connectivity index (χ1) is 5.68. The third kappa shape index (κ3) is 1.17. The van der Waals surface area contributed by atoms with Gasteiger partial charge in [0, 0.05) is 12.8 Å². The second-order valence-corrected chi connectivity index (χ2v) is 3.90. The summed E-state index contributed by atoms with van der Waals surface area (Å²) in [5.41, 5.74) is -0.593. The molecule has 0 aromatic carbocycles. The molecule has 0 radical (unpaired) electrons. The van der Waals surface area contributed by atoms with Crippen LogP contribution in [0.25, 0.3) is 0 Å². The Hall–Kier alpha value is -0.410. The minimum absolute atomic E-state index is 0.407. The molecular weight excluding hydrogens is 156 g/mol. The summed E-state index contributed by atoms with van der Waals surface area (Å²) in [5.74, 6) is -0.407. The first-order valence-electron chi connectivity index (χ1n) is 4.49. The molecule has 2 aliphatic rings. The van der Waals surface area contributed by atoms with Crippen LogP contribution in [0.3, 0.4) is 0 Å². The summed E-state index contributed by atoms with van der Waals surface area (Å²) in [7, 11) is 0. The van der Waals surface area contributed by atoms with Crippen LogP contribution in [0.5, 0.6) is 0 Å². The fraction of sp³-hybridized carbons (Fsp3) is 0.889. The van der Waals surface area contributed by atoms with Crippen LogP contribution < -0.4 is 0 Å². The highest BCUT2D eigenvalue weighted by Crippen LogP contribution is 2.43. The van der Waals surface area contributed by atoms with Gasteiger partial charge in [-0.2, -0.15) is 0 Å². The van der Waals surface area contributed by atoms with E-state index in [1.165, 1.54) is 0 Å². The molecule has 2 fully saturated rings. The van der Waals surface area contributed by atoms with Gasteiger partial charge in [-0.15, -0.1) is 0 Å². The summed E-state index contributed by atoms with van der Waals surface area (Å²) in [4.78, 5) is 10.7. The highest BCUT2D eigenvalue weighted by Gasteiger charge is 2.49. The van der Waals surface area contributed by atoms with Gasteiger partial charge in [0.05, 0.1) is 6.61 Å². The Balaban J connectivity index is 2.10. The number of hydrogen-bond donors (Lipinski definition) is 0. The van der Waals surface area contributed by atoms with E-state index < -0.39 is 11.4 Å². The minimum atomic E-state index is -0.593. The van der Waals surface area contributed by atoms with E-state index in [0.29, 0.717) is 0 Å². The molecule has 2 rings (SSSR count). The summed E-state index contributed by atoms with van der Waals surface area (Å²) in [6.45, 7) is 2.60. The molecule has 12 heavy (non-hydrogen) atoms. The van der Waals surface area contributed by atoms with Crippen LogP contribution in [-0.4, -0.2) is 24.3 Å². The smallest absolute Gasteiger partial charge is 0.169 e.